The maximum atomic E-state index is 4.10. The minimum Gasteiger partial charge on any atom is -0.220 e. The second-order valence-electron chi connectivity index (χ2n) is 3.51. The first-order valence-corrected chi connectivity index (χ1v) is 5.88. The van der Waals surface area contributed by atoms with Crippen molar-refractivity contribution in [2.45, 2.75) is 19.2 Å². The van der Waals surface area contributed by atoms with Gasteiger partial charge in [-0.1, -0.05) is 33.3 Å². The summed E-state index contributed by atoms with van der Waals surface area (Å²) in [5.41, 5.74) is 4.54. The first-order chi connectivity index (χ1) is 7.22. The zero-order valence-corrected chi connectivity index (χ0v) is 10.3. The Kier molecular flexibility index (Phi) is 2.86. The van der Waals surface area contributed by atoms with Gasteiger partial charge in [-0.05, 0) is 31.0 Å². The normalized spacial score (nSPS) is 10.6. The average Bonchev–Trinajstić information content (AvgIpc) is 2.70. The third kappa shape index (κ3) is 1.95. The molecule has 1 heterocycles. The van der Waals surface area contributed by atoms with Crippen LogP contribution in [0.2, 0.25) is 0 Å². The Bertz CT molecular complexity index is 476. The van der Waals surface area contributed by atoms with E-state index in [1.807, 2.05) is 16.9 Å². The van der Waals surface area contributed by atoms with Gasteiger partial charge in [-0.3, -0.25) is 0 Å². The van der Waals surface area contributed by atoms with Crippen LogP contribution in [-0.4, -0.2) is 15.0 Å². The molecule has 0 N–H and O–H groups in total. The minimum absolute atomic E-state index is 0.734. The Hall–Kier alpha value is -1.16. The smallest absolute Gasteiger partial charge is 0.0937 e. The van der Waals surface area contributed by atoms with Gasteiger partial charge in [0.05, 0.1) is 17.6 Å². The number of halogens is 1. The van der Waals surface area contributed by atoms with Crippen LogP contribution in [0.4, 0.5) is 0 Å². The van der Waals surface area contributed by atoms with E-state index in [9.17, 15) is 0 Å². The maximum absolute atomic E-state index is 4.10. The molecule has 4 heteroatoms. The molecule has 0 bridgehead atoms. The summed E-state index contributed by atoms with van der Waals surface area (Å²) in [7, 11) is 0. The molecule has 0 amide bonds. The van der Waals surface area contributed by atoms with E-state index in [4.69, 9.17) is 0 Å². The van der Waals surface area contributed by atoms with Crippen LogP contribution in [0.5, 0.6) is 0 Å². The molecule has 0 fully saturated rings. The van der Waals surface area contributed by atoms with Crippen LogP contribution in [0.1, 0.15) is 16.8 Å². The van der Waals surface area contributed by atoms with Crippen LogP contribution >= 0.6 is 15.9 Å². The van der Waals surface area contributed by atoms with Crippen molar-refractivity contribution < 1.29 is 0 Å². The van der Waals surface area contributed by atoms with Gasteiger partial charge in [0.1, 0.15) is 0 Å². The van der Waals surface area contributed by atoms with Crippen molar-refractivity contribution in [2.24, 2.45) is 0 Å². The van der Waals surface area contributed by atoms with Gasteiger partial charge < -0.3 is 0 Å². The first-order valence-electron chi connectivity index (χ1n) is 4.76. The largest absolute Gasteiger partial charge is 0.220 e. The molecule has 0 aliphatic carbocycles. The standard InChI is InChI=1S/C11H12BrN3/c1-8-4-3-5-11(9(8)2)15-7-10(6-12)13-14-15/h3-5,7H,6H2,1-2H3. The molecular weight excluding hydrogens is 254 g/mol. The van der Waals surface area contributed by atoms with Gasteiger partial charge >= 0.3 is 0 Å². The van der Waals surface area contributed by atoms with Gasteiger partial charge in [0.2, 0.25) is 0 Å². The van der Waals surface area contributed by atoms with Gasteiger partial charge in [0.25, 0.3) is 0 Å². The highest BCUT2D eigenvalue weighted by atomic mass is 79.9. The predicted octanol–water partition coefficient (Wildman–Crippen LogP) is 2.78. The molecule has 0 unspecified atom stereocenters. The third-order valence-electron chi connectivity index (χ3n) is 2.50. The summed E-state index contributed by atoms with van der Waals surface area (Å²) < 4.78 is 1.82. The lowest BCUT2D eigenvalue weighted by molar-refractivity contribution is 0.795. The molecule has 15 heavy (non-hydrogen) atoms. The topological polar surface area (TPSA) is 30.7 Å². The molecule has 3 nitrogen and oxygen atoms in total. The van der Waals surface area contributed by atoms with Crippen LogP contribution < -0.4 is 0 Å². The molecule has 2 aromatic rings. The van der Waals surface area contributed by atoms with E-state index < -0.39 is 0 Å². The van der Waals surface area contributed by atoms with E-state index in [2.05, 4.69) is 52.2 Å². The van der Waals surface area contributed by atoms with E-state index in [-0.39, 0.29) is 0 Å². The van der Waals surface area contributed by atoms with Crippen LogP contribution in [-0.2, 0) is 5.33 Å². The number of nitrogens with zero attached hydrogens (tertiary/aromatic N) is 3. The quantitative estimate of drug-likeness (QED) is 0.782. The molecule has 0 atom stereocenters. The zero-order chi connectivity index (χ0) is 10.8. The number of hydrogen-bond donors (Lipinski definition) is 0. The minimum atomic E-state index is 0.734. The van der Waals surface area contributed by atoms with Gasteiger partial charge in [-0.2, -0.15) is 0 Å². The number of aromatic nitrogens is 3. The zero-order valence-electron chi connectivity index (χ0n) is 8.74. The van der Waals surface area contributed by atoms with Crippen LogP contribution in [0.3, 0.4) is 0 Å². The second-order valence-corrected chi connectivity index (χ2v) is 4.07. The number of aryl methyl sites for hydroxylation is 1. The molecule has 0 spiro atoms. The van der Waals surface area contributed by atoms with Crippen LogP contribution in [0, 0.1) is 13.8 Å². The molecule has 0 saturated heterocycles. The highest BCUT2D eigenvalue weighted by Crippen LogP contribution is 2.16. The summed E-state index contributed by atoms with van der Waals surface area (Å²) in [6.45, 7) is 4.20. The number of hydrogen-bond acceptors (Lipinski definition) is 2. The average molecular weight is 266 g/mol. The summed E-state index contributed by atoms with van der Waals surface area (Å²) in [4.78, 5) is 0. The van der Waals surface area contributed by atoms with Crippen LogP contribution in [0.25, 0.3) is 5.69 Å². The van der Waals surface area contributed by atoms with E-state index in [0.29, 0.717) is 0 Å². The molecule has 78 valence electrons. The Morgan fingerprint density at radius 1 is 1.33 bits per heavy atom. The lowest BCUT2D eigenvalue weighted by Crippen LogP contribution is -1.99. The van der Waals surface area contributed by atoms with Crippen molar-refractivity contribution in [1.82, 2.24) is 15.0 Å². The second kappa shape index (κ2) is 4.14. The fourth-order valence-electron chi connectivity index (χ4n) is 1.46. The molecule has 0 saturated carbocycles. The Labute approximate surface area is 97.2 Å². The lowest BCUT2D eigenvalue weighted by atomic mass is 10.1. The molecule has 2 rings (SSSR count). The van der Waals surface area contributed by atoms with E-state index in [1.165, 1.54) is 11.1 Å². The monoisotopic (exact) mass is 265 g/mol. The number of alkyl halides is 1. The van der Waals surface area contributed by atoms with Gasteiger partial charge in [0, 0.05) is 5.33 Å². The molecule has 1 aromatic heterocycles. The Morgan fingerprint density at radius 3 is 2.80 bits per heavy atom. The fraction of sp³-hybridized carbons (Fsp3) is 0.273. The summed E-state index contributed by atoms with van der Waals surface area (Å²) in [6.07, 6.45) is 1.94. The highest BCUT2D eigenvalue weighted by Gasteiger charge is 2.05. The molecule has 0 radical (unpaired) electrons. The Morgan fingerprint density at radius 2 is 2.13 bits per heavy atom. The third-order valence-corrected chi connectivity index (χ3v) is 3.08. The van der Waals surface area contributed by atoms with Crippen molar-refractivity contribution >= 4 is 15.9 Å². The Balaban J connectivity index is 2.49. The van der Waals surface area contributed by atoms with Crippen LogP contribution in [0.15, 0.2) is 24.4 Å². The fourth-order valence-corrected chi connectivity index (χ4v) is 1.72. The molecule has 1 aromatic carbocycles. The summed E-state index contributed by atoms with van der Waals surface area (Å²) in [5, 5.41) is 8.88. The van der Waals surface area contributed by atoms with Crippen molar-refractivity contribution in [1.29, 1.82) is 0 Å². The van der Waals surface area contributed by atoms with E-state index in [1.54, 1.807) is 0 Å². The number of rotatable bonds is 2. The molecule has 0 aliphatic rings. The van der Waals surface area contributed by atoms with Crippen molar-refractivity contribution in [3.63, 3.8) is 0 Å². The van der Waals surface area contributed by atoms with Gasteiger partial charge in [-0.25, -0.2) is 4.68 Å². The molecular formula is C11H12BrN3. The van der Waals surface area contributed by atoms with Gasteiger partial charge in [-0.15, -0.1) is 5.10 Å². The van der Waals surface area contributed by atoms with Crippen molar-refractivity contribution in [3.05, 3.63) is 41.2 Å². The SMILES string of the molecule is Cc1cccc(-n2cc(CBr)nn2)c1C. The maximum Gasteiger partial charge on any atom is 0.0937 e. The highest BCUT2D eigenvalue weighted by molar-refractivity contribution is 9.08. The number of benzene rings is 1. The lowest BCUT2D eigenvalue weighted by Gasteiger charge is -2.06. The summed E-state index contributed by atoms with van der Waals surface area (Å²) in [5.74, 6) is 0. The van der Waals surface area contributed by atoms with Crippen molar-refractivity contribution in [3.8, 4) is 5.69 Å². The first kappa shape index (κ1) is 10.4. The summed E-state index contributed by atoms with van der Waals surface area (Å²) in [6, 6.07) is 6.18. The van der Waals surface area contributed by atoms with E-state index in [0.717, 1.165) is 16.7 Å². The van der Waals surface area contributed by atoms with Gasteiger partial charge in [0.15, 0.2) is 0 Å². The molecule has 0 aliphatic heterocycles. The summed E-state index contributed by atoms with van der Waals surface area (Å²) >= 11 is 3.36. The van der Waals surface area contributed by atoms with E-state index >= 15 is 0 Å². The van der Waals surface area contributed by atoms with Crippen molar-refractivity contribution in [2.75, 3.05) is 0 Å². The predicted molar refractivity (Wildman–Crippen MR) is 63.5 cm³/mol.